The van der Waals surface area contributed by atoms with Gasteiger partial charge in [-0.3, -0.25) is 9.97 Å². The predicted octanol–water partition coefficient (Wildman–Crippen LogP) is 3.03. The highest BCUT2D eigenvalue weighted by Gasteiger charge is 2.23. The Morgan fingerprint density at radius 3 is 3.05 bits per heavy atom. The Morgan fingerprint density at radius 1 is 1.30 bits per heavy atom. The first-order chi connectivity index (χ1) is 9.79. The summed E-state index contributed by atoms with van der Waals surface area (Å²) in [5, 5.41) is 1.97. The van der Waals surface area contributed by atoms with Crippen molar-refractivity contribution in [3.63, 3.8) is 0 Å². The van der Waals surface area contributed by atoms with E-state index in [1.54, 1.807) is 13.3 Å². The van der Waals surface area contributed by atoms with Gasteiger partial charge >= 0.3 is 0 Å². The Hall–Kier alpha value is -2.36. The van der Waals surface area contributed by atoms with Crippen molar-refractivity contribution in [3.8, 4) is 11.5 Å². The molecule has 3 heterocycles. The molecule has 0 unspecified atom stereocenters. The first-order valence-corrected chi connectivity index (χ1v) is 6.67. The average Bonchev–Trinajstić information content (AvgIpc) is 2.96. The van der Waals surface area contributed by atoms with Crippen molar-refractivity contribution in [2.45, 2.75) is 13.3 Å². The van der Waals surface area contributed by atoms with Gasteiger partial charge in [-0.15, -0.1) is 0 Å². The summed E-state index contributed by atoms with van der Waals surface area (Å²) in [7, 11) is 1.68. The van der Waals surface area contributed by atoms with Crippen LogP contribution in [0.3, 0.4) is 0 Å². The molecule has 1 aliphatic heterocycles. The van der Waals surface area contributed by atoms with Gasteiger partial charge in [-0.1, -0.05) is 6.07 Å². The highest BCUT2D eigenvalue weighted by molar-refractivity contribution is 6.09. The molecule has 3 aromatic rings. The van der Waals surface area contributed by atoms with E-state index in [0.717, 1.165) is 45.4 Å². The van der Waals surface area contributed by atoms with E-state index in [9.17, 15) is 0 Å². The minimum Gasteiger partial charge on any atom is -0.496 e. The molecule has 1 aliphatic rings. The molecule has 4 rings (SSSR count). The maximum atomic E-state index is 5.84. The van der Waals surface area contributed by atoms with Crippen LogP contribution < -0.4 is 9.47 Å². The van der Waals surface area contributed by atoms with Gasteiger partial charge in [0.15, 0.2) is 0 Å². The van der Waals surface area contributed by atoms with Crippen LogP contribution in [-0.4, -0.2) is 23.7 Å². The van der Waals surface area contributed by atoms with Crippen molar-refractivity contribution in [1.29, 1.82) is 0 Å². The lowest BCUT2D eigenvalue weighted by Gasteiger charge is -2.13. The average molecular weight is 266 g/mol. The molecular formula is C16H14N2O2. The maximum Gasteiger partial charge on any atom is 0.137 e. The second-order valence-corrected chi connectivity index (χ2v) is 4.98. The molecule has 0 spiro atoms. The Morgan fingerprint density at radius 2 is 2.20 bits per heavy atom. The van der Waals surface area contributed by atoms with Crippen LogP contribution in [0.4, 0.5) is 0 Å². The highest BCUT2D eigenvalue weighted by Crippen LogP contribution is 2.42. The molecule has 0 saturated heterocycles. The normalized spacial score (nSPS) is 13.5. The van der Waals surface area contributed by atoms with E-state index < -0.39 is 0 Å². The zero-order chi connectivity index (χ0) is 13.7. The van der Waals surface area contributed by atoms with E-state index >= 15 is 0 Å². The summed E-state index contributed by atoms with van der Waals surface area (Å²) >= 11 is 0. The third-order valence-corrected chi connectivity index (χ3v) is 3.87. The first kappa shape index (κ1) is 11.5. The van der Waals surface area contributed by atoms with Crippen LogP contribution in [-0.2, 0) is 6.42 Å². The van der Waals surface area contributed by atoms with Crippen molar-refractivity contribution < 1.29 is 9.47 Å². The summed E-state index contributed by atoms with van der Waals surface area (Å²) in [6, 6.07) is 5.95. The summed E-state index contributed by atoms with van der Waals surface area (Å²) in [5.74, 6) is 1.71. The molecule has 20 heavy (non-hydrogen) atoms. The molecule has 0 amide bonds. The highest BCUT2D eigenvalue weighted by atomic mass is 16.5. The number of nitrogens with zero attached hydrogens (tertiary/aromatic N) is 2. The van der Waals surface area contributed by atoms with Crippen LogP contribution in [0, 0.1) is 6.92 Å². The monoisotopic (exact) mass is 266 g/mol. The molecule has 0 atom stereocenters. The first-order valence-electron chi connectivity index (χ1n) is 6.67. The molecule has 0 radical (unpaired) electrons. The second-order valence-electron chi connectivity index (χ2n) is 4.98. The minimum absolute atomic E-state index is 0.709. The number of hydrogen-bond acceptors (Lipinski definition) is 4. The summed E-state index contributed by atoms with van der Waals surface area (Å²) in [6.07, 6.45) is 2.70. The van der Waals surface area contributed by atoms with E-state index in [-0.39, 0.29) is 0 Å². The Labute approximate surface area is 116 Å². The van der Waals surface area contributed by atoms with Crippen LogP contribution >= 0.6 is 0 Å². The molecule has 0 aliphatic carbocycles. The van der Waals surface area contributed by atoms with Gasteiger partial charge in [0, 0.05) is 29.3 Å². The lowest BCUT2D eigenvalue weighted by atomic mass is 10.0. The molecular weight excluding hydrogens is 252 g/mol. The Balaban J connectivity index is 2.27. The third-order valence-electron chi connectivity index (χ3n) is 3.87. The lowest BCUT2D eigenvalue weighted by molar-refractivity contribution is 0.358. The molecule has 0 bridgehead atoms. The number of fused-ring (bicyclic) bond motifs is 5. The van der Waals surface area contributed by atoms with Crippen LogP contribution in [0.2, 0.25) is 0 Å². The molecule has 100 valence electrons. The Bertz CT molecular complexity index is 843. The lowest BCUT2D eigenvalue weighted by Crippen LogP contribution is -1.96. The number of benzene rings is 1. The van der Waals surface area contributed by atoms with E-state index in [2.05, 4.69) is 4.98 Å². The quantitative estimate of drug-likeness (QED) is 0.635. The van der Waals surface area contributed by atoms with Crippen molar-refractivity contribution >= 4 is 21.8 Å². The largest absolute Gasteiger partial charge is 0.496 e. The van der Waals surface area contributed by atoms with Gasteiger partial charge in [0.25, 0.3) is 0 Å². The van der Waals surface area contributed by atoms with Crippen molar-refractivity contribution in [2.24, 2.45) is 0 Å². The minimum atomic E-state index is 0.709. The number of rotatable bonds is 1. The molecule has 1 aromatic carbocycles. The van der Waals surface area contributed by atoms with Gasteiger partial charge in [-0.25, -0.2) is 0 Å². The third kappa shape index (κ3) is 1.42. The van der Waals surface area contributed by atoms with Gasteiger partial charge in [0.05, 0.1) is 24.6 Å². The molecule has 2 aromatic heterocycles. The van der Waals surface area contributed by atoms with Crippen LogP contribution in [0.15, 0.2) is 24.4 Å². The number of aromatic nitrogens is 2. The SMILES string of the molecule is COc1cc2cccnc2c2nc(C)c3c(c12)OCC3. The number of methoxy groups -OCH3 is 1. The zero-order valence-electron chi connectivity index (χ0n) is 11.4. The molecule has 0 saturated carbocycles. The van der Waals surface area contributed by atoms with Gasteiger partial charge in [-0.2, -0.15) is 0 Å². The topological polar surface area (TPSA) is 44.2 Å². The fraction of sp³-hybridized carbons (Fsp3) is 0.250. The van der Waals surface area contributed by atoms with Crippen LogP contribution in [0.25, 0.3) is 21.8 Å². The summed E-state index contributed by atoms with van der Waals surface area (Å²) in [4.78, 5) is 9.24. The number of ether oxygens (including phenoxy) is 2. The maximum absolute atomic E-state index is 5.84. The van der Waals surface area contributed by atoms with Crippen molar-refractivity contribution in [2.75, 3.05) is 13.7 Å². The smallest absolute Gasteiger partial charge is 0.137 e. The van der Waals surface area contributed by atoms with Gasteiger partial charge in [-0.05, 0) is 19.1 Å². The van der Waals surface area contributed by atoms with Crippen LogP contribution in [0.1, 0.15) is 11.3 Å². The van der Waals surface area contributed by atoms with Crippen LogP contribution in [0.5, 0.6) is 11.5 Å². The van der Waals surface area contributed by atoms with Crippen molar-refractivity contribution in [3.05, 3.63) is 35.7 Å². The summed E-state index contributed by atoms with van der Waals surface area (Å²) in [5.41, 5.74) is 3.96. The second kappa shape index (κ2) is 4.07. The standard InChI is InChI=1S/C16H14N2O2/c1-9-11-5-7-20-16(11)13-12(19-2)8-10-4-3-6-17-14(10)15(13)18-9/h3-4,6,8H,5,7H2,1-2H3. The van der Waals surface area contributed by atoms with Gasteiger partial charge < -0.3 is 9.47 Å². The molecule has 0 N–H and O–H groups in total. The summed E-state index contributed by atoms with van der Waals surface area (Å²) in [6.45, 7) is 2.74. The van der Waals surface area contributed by atoms with E-state index in [4.69, 9.17) is 14.5 Å². The summed E-state index contributed by atoms with van der Waals surface area (Å²) < 4.78 is 11.4. The predicted molar refractivity (Wildman–Crippen MR) is 77.5 cm³/mol. The molecule has 0 fully saturated rings. The van der Waals surface area contributed by atoms with E-state index in [1.165, 1.54) is 5.56 Å². The van der Waals surface area contributed by atoms with Gasteiger partial charge in [0.2, 0.25) is 0 Å². The van der Waals surface area contributed by atoms with E-state index in [0.29, 0.717) is 6.61 Å². The zero-order valence-corrected chi connectivity index (χ0v) is 11.4. The number of hydrogen-bond donors (Lipinski definition) is 0. The number of aryl methyl sites for hydroxylation is 1. The fourth-order valence-electron chi connectivity index (χ4n) is 2.93. The molecule has 4 nitrogen and oxygen atoms in total. The van der Waals surface area contributed by atoms with E-state index in [1.807, 2.05) is 25.1 Å². The van der Waals surface area contributed by atoms with Crippen molar-refractivity contribution in [1.82, 2.24) is 9.97 Å². The number of pyridine rings is 2. The fourth-order valence-corrected chi connectivity index (χ4v) is 2.93. The molecule has 4 heteroatoms. The Kier molecular flexibility index (Phi) is 2.33. The van der Waals surface area contributed by atoms with Gasteiger partial charge in [0.1, 0.15) is 17.0 Å².